The van der Waals surface area contributed by atoms with Gasteiger partial charge in [-0.15, -0.1) is 11.3 Å². The van der Waals surface area contributed by atoms with Crippen molar-refractivity contribution in [3.8, 4) is 0 Å². The largest absolute Gasteiger partial charge is 0.353 e. The summed E-state index contributed by atoms with van der Waals surface area (Å²) in [5.41, 5.74) is -0.628. The van der Waals surface area contributed by atoms with Gasteiger partial charge in [0.1, 0.15) is 11.8 Å². The summed E-state index contributed by atoms with van der Waals surface area (Å²) in [4.78, 5) is 30.5. The van der Waals surface area contributed by atoms with Crippen molar-refractivity contribution in [2.24, 2.45) is 5.92 Å². The average Bonchev–Trinajstić information content (AvgIpc) is 3.25. The van der Waals surface area contributed by atoms with Crippen LogP contribution in [0.1, 0.15) is 42.3 Å². The van der Waals surface area contributed by atoms with Gasteiger partial charge in [0, 0.05) is 13.1 Å². The van der Waals surface area contributed by atoms with Gasteiger partial charge < -0.3 is 15.0 Å². The summed E-state index contributed by atoms with van der Waals surface area (Å²) in [6, 6.07) is 3.14. The van der Waals surface area contributed by atoms with E-state index in [1.165, 1.54) is 11.3 Å². The number of rotatable bonds is 5. The SMILES string of the molecule is CC1CCC2(CC1)OC[C@@H](C(=O)NCCN(C)C)N2C(=O)c1cccs1. The summed E-state index contributed by atoms with van der Waals surface area (Å²) in [7, 11) is 3.94. The Morgan fingerprint density at radius 1 is 1.38 bits per heavy atom. The number of carbonyl (C=O) groups is 2. The summed E-state index contributed by atoms with van der Waals surface area (Å²) in [6.07, 6.45) is 3.63. The third-order valence-electron chi connectivity index (χ3n) is 5.43. The molecule has 3 rings (SSSR count). The van der Waals surface area contributed by atoms with Gasteiger partial charge in [-0.1, -0.05) is 13.0 Å². The fourth-order valence-corrected chi connectivity index (χ4v) is 4.48. The van der Waals surface area contributed by atoms with Crippen LogP contribution in [0, 0.1) is 5.92 Å². The zero-order valence-electron chi connectivity index (χ0n) is 15.9. The molecule has 0 unspecified atom stereocenters. The van der Waals surface area contributed by atoms with Gasteiger partial charge in [0.05, 0.1) is 11.5 Å². The molecule has 1 atom stereocenters. The number of carbonyl (C=O) groups excluding carboxylic acids is 2. The van der Waals surface area contributed by atoms with E-state index in [1.807, 2.05) is 36.5 Å². The molecule has 7 heteroatoms. The van der Waals surface area contributed by atoms with Crippen LogP contribution in [0.15, 0.2) is 17.5 Å². The van der Waals surface area contributed by atoms with Crippen LogP contribution in [0.2, 0.25) is 0 Å². The molecule has 2 heterocycles. The molecule has 1 aliphatic carbocycles. The lowest BCUT2D eigenvalue weighted by molar-refractivity contribution is -0.127. The molecular formula is C19H29N3O3S. The second kappa shape index (κ2) is 8.06. The summed E-state index contributed by atoms with van der Waals surface area (Å²) < 4.78 is 6.16. The van der Waals surface area contributed by atoms with E-state index in [1.54, 1.807) is 4.90 Å². The minimum absolute atomic E-state index is 0.0835. The predicted molar refractivity (Wildman–Crippen MR) is 102 cm³/mol. The monoisotopic (exact) mass is 379 g/mol. The normalized spacial score (nSPS) is 28.7. The first-order valence-electron chi connectivity index (χ1n) is 9.36. The quantitative estimate of drug-likeness (QED) is 0.852. The first-order valence-corrected chi connectivity index (χ1v) is 10.2. The zero-order valence-corrected chi connectivity index (χ0v) is 16.7. The number of hydrogen-bond acceptors (Lipinski definition) is 5. The van der Waals surface area contributed by atoms with Gasteiger partial charge in [0.15, 0.2) is 0 Å². The Balaban J connectivity index is 1.79. The first-order chi connectivity index (χ1) is 12.4. The van der Waals surface area contributed by atoms with Crippen molar-refractivity contribution < 1.29 is 14.3 Å². The molecule has 1 aliphatic heterocycles. The Bertz CT molecular complexity index is 624. The molecule has 2 amide bonds. The maximum absolute atomic E-state index is 13.2. The molecule has 1 aromatic rings. The summed E-state index contributed by atoms with van der Waals surface area (Å²) in [6.45, 7) is 3.84. The maximum Gasteiger partial charge on any atom is 0.266 e. The minimum atomic E-state index is -0.628. The fourth-order valence-electron chi connectivity index (χ4n) is 3.82. The van der Waals surface area contributed by atoms with E-state index in [4.69, 9.17) is 4.74 Å². The standard InChI is InChI=1S/C19H29N3O3S/c1-14-6-8-19(9-7-14)22(18(24)16-5-4-12-26-16)15(13-25-19)17(23)20-10-11-21(2)3/h4-5,12,14-15H,6-11,13H2,1-3H3,(H,20,23)/t14?,15-,19?/m0/s1. The number of likely N-dealkylation sites (N-methyl/N-ethyl adjacent to an activating group) is 1. The van der Waals surface area contributed by atoms with E-state index in [9.17, 15) is 9.59 Å². The van der Waals surface area contributed by atoms with Gasteiger partial charge in [0.25, 0.3) is 5.91 Å². The predicted octanol–water partition coefficient (Wildman–Crippen LogP) is 2.17. The Morgan fingerprint density at radius 3 is 2.73 bits per heavy atom. The highest BCUT2D eigenvalue weighted by molar-refractivity contribution is 7.12. The third-order valence-corrected chi connectivity index (χ3v) is 6.29. The van der Waals surface area contributed by atoms with Crippen molar-refractivity contribution in [3.63, 3.8) is 0 Å². The number of ether oxygens (including phenoxy) is 1. The molecule has 0 bridgehead atoms. The van der Waals surface area contributed by atoms with Gasteiger partial charge in [-0.05, 0) is 57.1 Å². The van der Waals surface area contributed by atoms with Crippen molar-refractivity contribution in [2.75, 3.05) is 33.8 Å². The first kappa shape index (κ1) is 19.3. The smallest absolute Gasteiger partial charge is 0.266 e. The minimum Gasteiger partial charge on any atom is -0.353 e. The van der Waals surface area contributed by atoms with Crippen molar-refractivity contribution in [2.45, 2.75) is 44.4 Å². The number of nitrogens with one attached hydrogen (secondary N) is 1. The number of nitrogens with zero attached hydrogens (tertiary/aromatic N) is 2. The molecule has 6 nitrogen and oxygen atoms in total. The highest BCUT2D eigenvalue weighted by Crippen LogP contribution is 2.43. The van der Waals surface area contributed by atoms with E-state index in [2.05, 4.69) is 12.2 Å². The van der Waals surface area contributed by atoms with Gasteiger partial charge >= 0.3 is 0 Å². The van der Waals surface area contributed by atoms with Crippen molar-refractivity contribution >= 4 is 23.2 Å². The molecule has 0 radical (unpaired) electrons. The summed E-state index contributed by atoms with van der Waals surface area (Å²) >= 11 is 1.42. The van der Waals surface area contributed by atoms with E-state index in [-0.39, 0.29) is 18.4 Å². The van der Waals surface area contributed by atoms with Gasteiger partial charge in [-0.25, -0.2) is 0 Å². The lowest BCUT2D eigenvalue weighted by atomic mass is 9.83. The lowest BCUT2D eigenvalue weighted by Gasteiger charge is -2.42. The summed E-state index contributed by atoms with van der Waals surface area (Å²) in [5, 5.41) is 4.86. The van der Waals surface area contributed by atoms with Crippen LogP contribution in [0.4, 0.5) is 0 Å². The molecule has 144 valence electrons. The molecule has 1 saturated carbocycles. The van der Waals surface area contributed by atoms with Crippen molar-refractivity contribution in [1.29, 1.82) is 0 Å². The van der Waals surface area contributed by atoms with Gasteiger partial charge in [-0.3, -0.25) is 14.5 Å². The molecule has 1 spiro atoms. The van der Waals surface area contributed by atoms with Crippen LogP contribution in [0.25, 0.3) is 0 Å². The molecule has 26 heavy (non-hydrogen) atoms. The van der Waals surface area contributed by atoms with Crippen LogP contribution < -0.4 is 5.32 Å². The molecule has 1 aromatic heterocycles. The third kappa shape index (κ3) is 3.94. The van der Waals surface area contributed by atoms with E-state index in [0.29, 0.717) is 17.3 Å². The highest BCUT2D eigenvalue weighted by Gasteiger charge is 2.53. The molecule has 2 fully saturated rings. The van der Waals surface area contributed by atoms with Crippen LogP contribution in [-0.2, 0) is 9.53 Å². The topological polar surface area (TPSA) is 61.9 Å². The molecule has 2 aliphatic rings. The van der Waals surface area contributed by atoms with Crippen molar-refractivity contribution in [1.82, 2.24) is 15.1 Å². The molecule has 1 saturated heterocycles. The Morgan fingerprint density at radius 2 is 2.12 bits per heavy atom. The second-order valence-electron chi connectivity index (χ2n) is 7.70. The molecule has 0 aromatic carbocycles. The lowest BCUT2D eigenvalue weighted by Crippen LogP contribution is -2.57. The van der Waals surface area contributed by atoms with Crippen LogP contribution in [-0.4, -0.2) is 67.2 Å². The number of hydrogen-bond donors (Lipinski definition) is 1. The van der Waals surface area contributed by atoms with E-state index < -0.39 is 11.8 Å². The maximum atomic E-state index is 13.2. The van der Waals surface area contributed by atoms with Gasteiger partial charge in [0.2, 0.25) is 5.91 Å². The van der Waals surface area contributed by atoms with Crippen LogP contribution in [0.5, 0.6) is 0 Å². The Labute approximate surface area is 159 Å². The van der Waals surface area contributed by atoms with Crippen LogP contribution >= 0.6 is 11.3 Å². The highest BCUT2D eigenvalue weighted by atomic mass is 32.1. The van der Waals surface area contributed by atoms with Crippen LogP contribution in [0.3, 0.4) is 0 Å². The summed E-state index contributed by atoms with van der Waals surface area (Å²) in [5.74, 6) is 0.433. The Hall–Kier alpha value is -1.44. The average molecular weight is 380 g/mol. The van der Waals surface area contributed by atoms with Gasteiger partial charge in [-0.2, -0.15) is 0 Å². The second-order valence-corrected chi connectivity index (χ2v) is 8.65. The Kier molecular flexibility index (Phi) is 5.99. The number of thiophene rings is 1. The van der Waals surface area contributed by atoms with E-state index >= 15 is 0 Å². The fraction of sp³-hybridized carbons (Fsp3) is 0.684. The number of amides is 2. The molecule has 1 N–H and O–H groups in total. The van der Waals surface area contributed by atoms with Crippen molar-refractivity contribution in [3.05, 3.63) is 22.4 Å². The van der Waals surface area contributed by atoms with E-state index in [0.717, 1.165) is 32.2 Å². The molecular weight excluding hydrogens is 350 g/mol. The zero-order chi connectivity index (χ0) is 18.7.